The number of aliphatic hydroxyl groups is 1. The predicted molar refractivity (Wildman–Crippen MR) is 185 cm³/mol. The van der Waals surface area contributed by atoms with Crippen LogP contribution < -0.4 is 26.6 Å². The number of anilines is 1. The van der Waals surface area contributed by atoms with Crippen molar-refractivity contribution in [3.8, 4) is 5.75 Å². The van der Waals surface area contributed by atoms with Gasteiger partial charge in [-0.2, -0.15) is 0 Å². The number of ether oxygens (including phenoxy) is 1. The third kappa shape index (κ3) is 8.56. The second kappa shape index (κ2) is 16.1. The van der Waals surface area contributed by atoms with Crippen LogP contribution in [-0.2, 0) is 23.0 Å². The molecule has 3 aromatic carbocycles. The lowest BCUT2D eigenvalue weighted by molar-refractivity contribution is -0.688. The summed E-state index contributed by atoms with van der Waals surface area (Å²) < 4.78 is 36.5. The number of pyridine rings is 1. The Bertz CT molecular complexity index is 1670. The second-order valence-corrected chi connectivity index (χ2v) is 15.0. The van der Waals surface area contributed by atoms with Crippen molar-refractivity contribution in [1.29, 1.82) is 0 Å². The van der Waals surface area contributed by atoms with Crippen LogP contribution >= 0.6 is 0 Å². The first-order chi connectivity index (χ1) is 22.2. The molecule has 47 heavy (non-hydrogen) atoms. The van der Waals surface area contributed by atoms with Crippen molar-refractivity contribution in [2.75, 3.05) is 24.7 Å². The van der Waals surface area contributed by atoms with Crippen molar-refractivity contribution >= 4 is 15.5 Å². The van der Waals surface area contributed by atoms with Crippen LogP contribution in [0.15, 0.2) is 102 Å². The van der Waals surface area contributed by atoms with Crippen molar-refractivity contribution in [3.05, 3.63) is 120 Å². The highest BCUT2D eigenvalue weighted by atomic mass is 35.5. The molecule has 5 rings (SSSR count). The Labute approximate surface area is 287 Å². The zero-order chi connectivity index (χ0) is 32.7. The summed E-state index contributed by atoms with van der Waals surface area (Å²) >= 11 is 0. The molecule has 0 spiro atoms. The topological polar surface area (TPSA) is 70.7 Å². The Kier molecular flexibility index (Phi) is 12.5. The van der Waals surface area contributed by atoms with Gasteiger partial charge in [0.25, 0.3) is 0 Å². The SMILES string of the molecule is CCCCC1(CCCC)CS(=O)(=O)c2ccc(N(C)C)cc2C(c2ccc(OCc3ccc(C[n+]4ccccc4)cc3)cc2)C1O.[Cl-]. The lowest BCUT2D eigenvalue weighted by atomic mass is 9.68. The maximum atomic E-state index is 14.1. The molecule has 2 unspecified atom stereocenters. The Balaban J connectivity index is 0.00000500. The number of fused-ring (bicyclic) bond motifs is 1. The zero-order valence-corrected chi connectivity index (χ0v) is 29.7. The van der Waals surface area contributed by atoms with Gasteiger partial charge in [0.2, 0.25) is 0 Å². The van der Waals surface area contributed by atoms with Crippen molar-refractivity contribution in [1.82, 2.24) is 0 Å². The normalized spacial score (nSPS) is 18.0. The first-order valence-electron chi connectivity index (χ1n) is 16.6. The van der Waals surface area contributed by atoms with E-state index in [-0.39, 0.29) is 18.2 Å². The smallest absolute Gasteiger partial charge is 0.179 e. The molecule has 1 aliphatic rings. The summed E-state index contributed by atoms with van der Waals surface area (Å²) in [5.41, 5.74) is 4.06. The fourth-order valence-electron chi connectivity index (χ4n) is 6.82. The second-order valence-electron chi connectivity index (χ2n) is 13.1. The van der Waals surface area contributed by atoms with E-state index in [1.807, 2.05) is 73.6 Å². The molecule has 1 aliphatic heterocycles. The van der Waals surface area contributed by atoms with Gasteiger partial charge in [-0.1, -0.05) is 82.0 Å². The van der Waals surface area contributed by atoms with Crippen LogP contribution in [0.5, 0.6) is 5.75 Å². The molecule has 2 heterocycles. The van der Waals surface area contributed by atoms with Crippen molar-refractivity contribution in [3.63, 3.8) is 0 Å². The number of unbranched alkanes of at least 4 members (excludes halogenated alkanes) is 2. The van der Waals surface area contributed by atoms with E-state index in [9.17, 15) is 13.5 Å². The lowest BCUT2D eigenvalue weighted by Crippen LogP contribution is -3.00. The van der Waals surface area contributed by atoms with Crippen LogP contribution in [0.4, 0.5) is 5.69 Å². The molecule has 0 bridgehead atoms. The molecule has 1 N–H and O–H groups in total. The molecule has 252 valence electrons. The Hall–Kier alpha value is -3.39. The maximum absolute atomic E-state index is 14.1. The fourth-order valence-corrected chi connectivity index (χ4v) is 9.01. The van der Waals surface area contributed by atoms with Gasteiger partial charge in [0.15, 0.2) is 28.8 Å². The number of hydrogen-bond donors (Lipinski definition) is 1. The number of halogens is 1. The van der Waals surface area contributed by atoms with Gasteiger partial charge in [0.05, 0.1) is 16.8 Å². The van der Waals surface area contributed by atoms with Gasteiger partial charge in [-0.05, 0) is 59.9 Å². The Morgan fingerprint density at radius 2 is 1.49 bits per heavy atom. The number of rotatable bonds is 13. The Morgan fingerprint density at radius 1 is 0.872 bits per heavy atom. The summed E-state index contributed by atoms with van der Waals surface area (Å²) in [6, 6.07) is 28.0. The minimum Gasteiger partial charge on any atom is -1.00 e. The Morgan fingerprint density at radius 3 is 2.09 bits per heavy atom. The standard InChI is InChI=1S/C39H49N2O4S.ClH/c1-5-7-22-39(23-8-6-2)29-46(43,44)36-21-18-33(40(3)4)26-35(36)37(38(39)42)32-16-19-34(20-17-32)45-28-31-14-12-30(13-15-31)27-41-24-10-9-11-25-41;/h9-21,24-26,37-38,42H,5-8,22-23,27-29H2,1-4H3;1H/q+1;/p-1. The number of aromatic nitrogens is 1. The molecule has 0 fully saturated rings. The summed E-state index contributed by atoms with van der Waals surface area (Å²) in [5.74, 6) is 0.217. The number of aliphatic hydroxyl groups excluding tert-OH is 1. The number of nitrogens with zero attached hydrogens (tertiary/aromatic N) is 2. The van der Waals surface area contributed by atoms with Crippen LogP contribution in [0.25, 0.3) is 0 Å². The fraction of sp³-hybridized carbons (Fsp3) is 0.410. The minimum absolute atomic E-state index is 0. The van der Waals surface area contributed by atoms with Gasteiger partial charge in [0, 0.05) is 48.8 Å². The molecule has 0 radical (unpaired) electrons. The van der Waals surface area contributed by atoms with Gasteiger partial charge in [-0.15, -0.1) is 0 Å². The summed E-state index contributed by atoms with van der Waals surface area (Å²) in [6.07, 6.45) is 8.28. The quantitative estimate of drug-likeness (QED) is 0.214. The van der Waals surface area contributed by atoms with Gasteiger partial charge in [-0.3, -0.25) is 0 Å². The van der Waals surface area contributed by atoms with Crippen LogP contribution in [0.3, 0.4) is 0 Å². The van der Waals surface area contributed by atoms with Crippen LogP contribution in [0, 0.1) is 5.41 Å². The summed E-state index contributed by atoms with van der Waals surface area (Å²) in [7, 11) is 0.267. The number of benzene rings is 3. The van der Waals surface area contributed by atoms with E-state index in [0.717, 1.165) is 54.8 Å². The van der Waals surface area contributed by atoms with E-state index in [4.69, 9.17) is 4.74 Å². The first-order valence-corrected chi connectivity index (χ1v) is 18.3. The lowest BCUT2D eigenvalue weighted by Gasteiger charge is -2.40. The van der Waals surface area contributed by atoms with Crippen molar-refractivity contribution < 1.29 is 35.2 Å². The number of hydrogen-bond acceptors (Lipinski definition) is 5. The molecule has 8 heteroatoms. The maximum Gasteiger partial charge on any atom is 0.179 e. The van der Waals surface area contributed by atoms with Crippen LogP contribution in [0.1, 0.15) is 80.5 Å². The molecular formula is C39H49ClN2O4S. The average molecular weight is 677 g/mol. The number of sulfone groups is 1. The first kappa shape index (κ1) is 36.4. The molecule has 0 aliphatic carbocycles. The van der Waals surface area contributed by atoms with E-state index in [1.165, 1.54) is 5.56 Å². The summed E-state index contributed by atoms with van der Waals surface area (Å²) in [4.78, 5) is 2.32. The highest BCUT2D eigenvalue weighted by Gasteiger charge is 2.49. The van der Waals surface area contributed by atoms with E-state index >= 15 is 0 Å². The third-order valence-electron chi connectivity index (χ3n) is 9.47. The molecule has 0 amide bonds. The largest absolute Gasteiger partial charge is 1.00 e. The van der Waals surface area contributed by atoms with Gasteiger partial charge < -0.3 is 27.2 Å². The van der Waals surface area contributed by atoms with Gasteiger partial charge >= 0.3 is 0 Å². The van der Waals surface area contributed by atoms with E-state index < -0.39 is 27.3 Å². The molecule has 1 aromatic heterocycles. The monoisotopic (exact) mass is 676 g/mol. The highest BCUT2D eigenvalue weighted by Crippen LogP contribution is 2.50. The molecule has 2 atom stereocenters. The molecule has 4 aromatic rings. The summed E-state index contributed by atoms with van der Waals surface area (Å²) in [6.45, 7) is 5.50. The van der Waals surface area contributed by atoms with Crippen molar-refractivity contribution in [2.45, 2.75) is 82.4 Å². The molecular weight excluding hydrogens is 628 g/mol. The van der Waals surface area contributed by atoms with E-state index in [1.54, 1.807) is 6.07 Å². The molecule has 6 nitrogen and oxygen atoms in total. The van der Waals surface area contributed by atoms with Crippen molar-refractivity contribution in [2.24, 2.45) is 5.41 Å². The van der Waals surface area contributed by atoms with E-state index in [2.05, 4.69) is 55.1 Å². The van der Waals surface area contributed by atoms with Crippen LogP contribution in [0.2, 0.25) is 0 Å². The average Bonchev–Trinajstić information content (AvgIpc) is 3.13. The molecule has 0 saturated carbocycles. The predicted octanol–water partition coefficient (Wildman–Crippen LogP) is 4.32. The molecule has 0 saturated heterocycles. The van der Waals surface area contributed by atoms with E-state index in [0.29, 0.717) is 29.9 Å². The highest BCUT2D eigenvalue weighted by molar-refractivity contribution is 7.91. The van der Waals surface area contributed by atoms with Gasteiger partial charge in [0.1, 0.15) is 12.4 Å². The van der Waals surface area contributed by atoms with Gasteiger partial charge in [-0.25, -0.2) is 13.0 Å². The minimum atomic E-state index is -3.64. The summed E-state index contributed by atoms with van der Waals surface area (Å²) in [5, 5.41) is 12.4. The zero-order valence-electron chi connectivity index (χ0n) is 28.1. The van der Waals surface area contributed by atoms with Crippen LogP contribution in [-0.4, -0.2) is 39.5 Å². The third-order valence-corrected chi connectivity index (χ3v) is 11.5.